The lowest BCUT2D eigenvalue weighted by atomic mass is 10.1. The van der Waals surface area contributed by atoms with Crippen molar-refractivity contribution in [3.05, 3.63) is 78.9 Å². The van der Waals surface area contributed by atoms with Gasteiger partial charge in [0, 0.05) is 48.0 Å². The molecule has 9 heteroatoms. The molecule has 2 heterocycles. The Kier molecular flexibility index (Phi) is 6.82. The highest BCUT2D eigenvalue weighted by Crippen LogP contribution is 2.31. The first kappa shape index (κ1) is 24.6. The number of nitrogens with one attached hydrogen (secondary N) is 2. The van der Waals surface area contributed by atoms with Crippen molar-refractivity contribution in [3.63, 3.8) is 0 Å². The van der Waals surface area contributed by atoms with Gasteiger partial charge in [-0.3, -0.25) is 9.59 Å². The first-order chi connectivity index (χ1) is 17.2. The van der Waals surface area contributed by atoms with Crippen molar-refractivity contribution in [2.45, 2.75) is 19.9 Å². The van der Waals surface area contributed by atoms with Crippen molar-refractivity contribution >= 4 is 40.0 Å². The molecule has 0 aliphatic heterocycles. The molecule has 0 saturated heterocycles. The standard InChI is InChI=1S/C27H27FN6O2/c1-6-24(35)30-19-8-7-9-20(14-19)31-27-29-15-21(28)25(32-27)18-11-10-17-12-23(26(36)33(4)5)34(16(2)3)22(17)13-18/h6-16H,1H2,2-5H3,(H,30,35)(H,29,31,32). The van der Waals surface area contributed by atoms with Crippen LogP contribution in [0, 0.1) is 5.82 Å². The van der Waals surface area contributed by atoms with E-state index in [2.05, 4.69) is 27.2 Å². The molecule has 184 valence electrons. The van der Waals surface area contributed by atoms with E-state index in [0.29, 0.717) is 22.6 Å². The predicted octanol–water partition coefficient (Wildman–Crippen LogP) is 5.39. The van der Waals surface area contributed by atoms with Crippen LogP contribution in [0.25, 0.3) is 22.2 Å². The van der Waals surface area contributed by atoms with Gasteiger partial charge in [0.15, 0.2) is 5.82 Å². The van der Waals surface area contributed by atoms with Crippen LogP contribution < -0.4 is 10.6 Å². The molecule has 2 aromatic carbocycles. The summed E-state index contributed by atoms with van der Waals surface area (Å²) in [6, 6.07) is 14.3. The summed E-state index contributed by atoms with van der Waals surface area (Å²) in [7, 11) is 3.42. The van der Waals surface area contributed by atoms with Gasteiger partial charge in [0.2, 0.25) is 11.9 Å². The minimum Gasteiger partial charge on any atom is -0.343 e. The molecule has 8 nitrogen and oxygen atoms in total. The minimum absolute atomic E-state index is 0.0120. The number of carbonyl (C=O) groups excluding carboxylic acids is 2. The highest BCUT2D eigenvalue weighted by molar-refractivity contribution is 6.00. The van der Waals surface area contributed by atoms with Crippen molar-refractivity contribution < 1.29 is 14.0 Å². The largest absolute Gasteiger partial charge is 0.343 e. The fourth-order valence-corrected chi connectivity index (χ4v) is 3.95. The highest BCUT2D eigenvalue weighted by atomic mass is 19.1. The van der Waals surface area contributed by atoms with E-state index in [1.807, 2.05) is 36.6 Å². The van der Waals surface area contributed by atoms with Gasteiger partial charge in [-0.15, -0.1) is 0 Å². The van der Waals surface area contributed by atoms with Gasteiger partial charge in [-0.2, -0.15) is 0 Å². The van der Waals surface area contributed by atoms with E-state index in [4.69, 9.17) is 0 Å². The molecule has 2 aromatic heterocycles. The molecule has 0 radical (unpaired) electrons. The third-order valence-electron chi connectivity index (χ3n) is 5.57. The van der Waals surface area contributed by atoms with Crippen LogP contribution in [0.1, 0.15) is 30.4 Å². The lowest BCUT2D eigenvalue weighted by molar-refractivity contribution is -0.111. The zero-order valence-corrected chi connectivity index (χ0v) is 20.5. The number of carbonyl (C=O) groups is 2. The summed E-state index contributed by atoms with van der Waals surface area (Å²) in [4.78, 5) is 34.3. The SMILES string of the molecule is C=CC(=O)Nc1cccc(Nc2ncc(F)c(-c3ccc4cc(C(=O)N(C)C)n(C(C)C)c4c3)n2)c1. The van der Waals surface area contributed by atoms with Crippen LogP contribution in [-0.4, -0.2) is 45.3 Å². The van der Waals surface area contributed by atoms with Crippen LogP contribution in [0.4, 0.5) is 21.7 Å². The molecule has 4 aromatic rings. The number of hydrogen-bond acceptors (Lipinski definition) is 5. The second kappa shape index (κ2) is 9.99. The molecule has 2 N–H and O–H groups in total. The summed E-state index contributed by atoms with van der Waals surface area (Å²) in [6.07, 6.45) is 2.29. The third-order valence-corrected chi connectivity index (χ3v) is 5.57. The molecule has 0 aliphatic rings. The van der Waals surface area contributed by atoms with Crippen molar-refractivity contribution in [2.24, 2.45) is 0 Å². The Morgan fingerprint density at radius 2 is 1.86 bits per heavy atom. The summed E-state index contributed by atoms with van der Waals surface area (Å²) in [5.74, 6) is -0.808. The number of rotatable bonds is 7. The Hall–Kier alpha value is -4.53. The van der Waals surface area contributed by atoms with E-state index in [9.17, 15) is 14.0 Å². The zero-order chi connectivity index (χ0) is 26.0. The second-order valence-electron chi connectivity index (χ2n) is 8.76. The molecule has 36 heavy (non-hydrogen) atoms. The number of nitrogens with zero attached hydrogens (tertiary/aromatic N) is 4. The Morgan fingerprint density at radius 1 is 1.11 bits per heavy atom. The first-order valence-electron chi connectivity index (χ1n) is 11.4. The van der Waals surface area contributed by atoms with Crippen molar-refractivity contribution in [2.75, 3.05) is 24.7 Å². The van der Waals surface area contributed by atoms with Crippen LogP contribution in [0.5, 0.6) is 0 Å². The normalized spacial score (nSPS) is 10.9. The number of aromatic nitrogens is 3. The fraction of sp³-hybridized carbons (Fsp3) is 0.185. The number of fused-ring (bicyclic) bond motifs is 1. The Labute approximate surface area is 208 Å². The Bertz CT molecular complexity index is 1470. The van der Waals surface area contributed by atoms with Crippen molar-refractivity contribution in [1.82, 2.24) is 19.4 Å². The molecule has 0 spiro atoms. The van der Waals surface area contributed by atoms with Gasteiger partial charge in [0.25, 0.3) is 5.91 Å². The Morgan fingerprint density at radius 3 is 2.56 bits per heavy atom. The average Bonchev–Trinajstić information content (AvgIpc) is 3.23. The molecular weight excluding hydrogens is 459 g/mol. The Balaban J connectivity index is 1.71. The highest BCUT2D eigenvalue weighted by Gasteiger charge is 2.20. The molecule has 0 unspecified atom stereocenters. The van der Waals surface area contributed by atoms with Gasteiger partial charge in [0.1, 0.15) is 11.4 Å². The van der Waals surface area contributed by atoms with E-state index < -0.39 is 5.82 Å². The van der Waals surface area contributed by atoms with E-state index in [1.165, 1.54) is 11.0 Å². The summed E-state index contributed by atoms with van der Waals surface area (Å²) < 4.78 is 16.8. The first-order valence-corrected chi connectivity index (χ1v) is 11.4. The van der Waals surface area contributed by atoms with E-state index >= 15 is 0 Å². The maximum absolute atomic E-state index is 14.9. The van der Waals surface area contributed by atoms with Gasteiger partial charge < -0.3 is 20.1 Å². The summed E-state index contributed by atoms with van der Waals surface area (Å²) >= 11 is 0. The van der Waals surface area contributed by atoms with E-state index in [1.54, 1.807) is 44.4 Å². The van der Waals surface area contributed by atoms with Crippen LogP contribution in [0.2, 0.25) is 0 Å². The maximum atomic E-state index is 14.9. The van der Waals surface area contributed by atoms with Gasteiger partial charge in [-0.1, -0.05) is 24.8 Å². The molecule has 2 amide bonds. The van der Waals surface area contributed by atoms with Gasteiger partial charge in [0.05, 0.1) is 6.20 Å². The van der Waals surface area contributed by atoms with Crippen LogP contribution in [0.15, 0.2) is 67.4 Å². The summed E-state index contributed by atoms with van der Waals surface area (Å²) in [6.45, 7) is 7.44. The predicted molar refractivity (Wildman–Crippen MR) is 140 cm³/mol. The number of hydrogen-bond donors (Lipinski definition) is 2. The van der Waals surface area contributed by atoms with Crippen LogP contribution in [0.3, 0.4) is 0 Å². The van der Waals surface area contributed by atoms with Gasteiger partial charge >= 0.3 is 0 Å². The van der Waals surface area contributed by atoms with Crippen molar-refractivity contribution in [1.29, 1.82) is 0 Å². The summed E-state index contributed by atoms with van der Waals surface area (Å²) in [5, 5.41) is 6.61. The minimum atomic E-state index is -0.570. The molecule has 0 bridgehead atoms. The lowest BCUT2D eigenvalue weighted by Crippen LogP contribution is -2.25. The van der Waals surface area contributed by atoms with Gasteiger partial charge in [-0.05, 0) is 50.3 Å². The smallest absolute Gasteiger partial charge is 0.270 e. The second-order valence-corrected chi connectivity index (χ2v) is 8.76. The average molecular weight is 487 g/mol. The van der Waals surface area contributed by atoms with Crippen molar-refractivity contribution in [3.8, 4) is 11.3 Å². The fourth-order valence-electron chi connectivity index (χ4n) is 3.95. The number of halogens is 1. The summed E-state index contributed by atoms with van der Waals surface area (Å²) in [5.41, 5.74) is 3.24. The molecular formula is C27H27FN6O2. The monoisotopic (exact) mass is 486 g/mol. The van der Waals surface area contributed by atoms with E-state index in [-0.39, 0.29) is 29.5 Å². The van der Waals surface area contributed by atoms with Crippen LogP contribution >= 0.6 is 0 Å². The molecule has 4 rings (SSSR count). The third kappa shape index (κ3) is 4.95. The topological polar surface area (TPSA) is 92.1 Å². The molecule has 0 saturated carbocycles. The van der Waals surface area contributed by atoms with E-state index in [0.717, 1.165) is 17.1 Å². The van der Waals surface area contributed by atoms with Gasteiger partial charge in [-0.25, -0.2) is 14.4 Å². The number of amides is 2. The molecule has 0 fully saturated rings. The maximum Gasteiger partial charge on any atom is 0.270 e. The lowest BCUT2D eigenvalue weighted by Gasteiger charge is -2.17. The number of benzene rings is 2. The molecule has 0 atom stereocenters. The number of anilines is 3. The molecule has 0 aliphatic carbocycles. The van der Waals surface area contributed by atoms with Crippen LogP contribution in [-0.2, 0) is 4.79 Å². The quantitative estimate of drug-likeness (QED) is 0.342. The zero-order valence-electron chi connectivity index (χ0n) is 20.5.